The van der Waals surface area contributed by atoms with Crippen molar-refractivity contribution in [2.45, 2.75) is 18.6 Å². The molecule has 34 heavy (non-hydrogen) atoms. The molecule has 0 radical (unpaired) electrons. The number of allylic oxidation sites excluding steroid dienone is 4. The molecule has 176 valence electrons. The number of ether oxygens (including phenoxy) is 5. The van der Waals surface area contributed by atoms with Gasteiger partial charge in [-0.1, -0.05) is 12.2 Å². The van der Waals surface area contributed by atoms with Crippen LogP contribution in [0, 0.1) is 0 Å². The van der Waals surface area contributed by atoms with Gasteiger partial charge < -0.3 is 23.7 Å². The molecular formula is C24H20O10. The highest BCUT2D eigenvalue weighted by Crippen LogP contribution is 2.47. The number of rotatable bonds is 4. The minimum absolute atomic E-state index is 0.0273. The van der Waals surface area contributed by atoms with E-state index in [0.29, 0.717) is 22.3 Å². The van der Waals surface area contributed by atoms with E-state index in [2.05, 4.69) is 0 Å². The van der Waals surface area contributed by atoms with Gasteiger partial charge in [-0.2, -0.15) is 0 Å². The summed E-state index contributed by atoms with van der Waals surface area (Å²) in [5.41, 5.74) is 1.54. The Hall–Kier alpha value is -4.05. The highest BCUT2D eigenvalue weighted by molar-refractivity contribution is 6.33. The molecule has 0 aromatic heterocycles. The van der Waals surface area contributed by atoms with Crippen molar-refractivity contribution >= 4 is 29.7 Å². The summed E-state index contributed by atoms with van der Waals surface area (Å²) in [6.45, 7) is 0. The van der Waals surface area contributed by atoms with Gasteiger partial charge in [0.2, 0.25) is 5.78 Å². The number of hydrogen-bond donors (Lipinski definition) is 0. The third-order valence-corrected chi connectivity index (χ3v) is 5.84. The zero-order valence-electron chi connectivity index (χ0n) is 18.8. The van der Waals surface area contributed by atoms with E-state index in [1.54, 1.807) is 12.2 Å². The van der Waals surface area contributed by atoms with Gasteiger partial charge in [0.15, 0.2) is 0 Å². The summed E-state index contributed by atoms with van der Waals surface area (Å²) in [4.78, 5) is 62.7. The van der Waals surface area contributed by atoms with Crippen molar-refractivity contribution < 1.29 is 47.7 Å². The van der Waals surface area contributed by atoms with E-state index in [1.807, 2.05) is 0 Å². The number of Topliss-reactive ketones (excluding diaryl/α,β-unsaturated/α-hetero) is 1. The Morgan fingerprint density at radius 2 is 1.06 bits per heavy atom. The number of hydrogen-bond acceptors (Lipinski definition) is 10. The molecule has 10 heteroatoms. The van der Waals surface area contributed by atoms with Gasteiger partial charge >= 0.3 is 23.9 Å². The van der Waals surface area contributed by atoms with Gasteiger partial charge in [-0.3, -0.25) is 4.79 Å². The lowest BCUT2D eigenvalue weighted by Crippen LogP contribution is -2.25. The van der Waals surface area contributed by atoms with Gasteiger partial charge in [0, 0.05) is 0 Å². The van der Waals surface area contributed by atoms with Gasteiger partial charge in [-0.05, 0) is 40.9 Å². The first-order valence-corrected chi connectivity index (χ1v) is 10.1. The summed E-state index contributed by atoms with van der Waals surface area (Å²) >= 11 is 0. The van der Waals surface area contributed by atoms with Gasteiger partial charge in [-0.25, -0.2) is 19.2 Å². The molecule has 0 N–H and O–H groups in total. The van der Waals surface area contributed by atoms with E-state index in [4.69, 9.17) is 23.7 Å². The number of ketones is 1. The second-order valence-electron chi connectivity index (χ2n) is 7.66. The summed E-state index contributed by atoms with van der Waals surface area (Å²) in [6.07, 6.45) is 4.46. The van der Waals surface area contributed by atoms with E-state index < -0.39 is 41.9 Å². The molecule has 2 unspecified atom stereocenters. The zero-order chi connectivity index (χ0) is 24.7. The minimum Gasteiger partial charge on any atom is -0.466 e. The summed E-state index contributed by atoms with van der Waals surface area (Å²) in [5.74, 6) is -4.15. The molecule has 0 aromatic carbocycles. The SMILES string of the molecule is COC(=O)C1=CC2=CC3=C(C=C(C=C(C(=O)OC)C1=O)C2)C1OC3C(C(=O)OC)=C1C(=O)OC. The van der Waals surface area contributed by atoms with Crippen LogP contribution in [0.5, 0.6) is 0 Å². The van der Waals surface area contributed by atoms with E-state index >= 15 is 0 Å². The van der Waals surface area contributed by atoms with Crippen LogP contribution < -0.4 is 0 Å². The van der Waals surface area contributed by atoms with Crippen LogP contribution in [-0.2, 0) is 47.7 Å². The molecule has 4 aliphatic rings. The summed E-state index contributed by atoms with van der Waals surface area (Å²) in [5, 5.41) is 0. The minimum atomic E-state index is -0.918. The lowest BCUT2D eigenvalue weighted by Gasteiger charge is -2.17. The molecule has 2 aliphatic heterocycles. The van der Waals surface area contributed by atoms with Crippen LogP contribution in [0.3, 0.4) is 0 Å². The van der Waals surface area contributed by atoms with Crippen molar-refractivity contribution in [3.8, 4) is 0 Å². The highest BCUT2D eigenvalue weighted by atomic mass is 16.6. The number of carbonyl (C=O) groups excluding carboxylic acids is 5. The molecule has 0 spiro atoms. The fourth-order valence-corrected chi connectivity index (χ4v) is 4.38. The number of fused-ring (bicyclic) bond motifs is 6. The van der Waals surface area contributed by atoms with Crippen molar-refractivity contribution in [1.82, 2.24) is 0 Å². The quantitative estimate of drug-likeness (QED) is 0.331. The molecule has 0 saturated heterocycles. The van der Waals surface area contributed by atoms with E-state index in [0.717, 1.165) is 14.2 Å². The van der Waals surface area contributed by atoms with Gasteiger partial charge in [0.1, 0.15) is 23.4 Å². The first-order chi connectivity index (χ1) is 16.2. The van der Waals surface area contributed by atoms with Crippen molar-refractivity contribution in [3.05, 3.63) is 68.9 Å². The first kappa shape index (κ1) is 23.1. The summed E-state index contributed by atoms with van der Waals surface area (Å²) < 4.78 is 25.1. The number of carbonyl (C=O) groups is 5. The second kappa shape index (κ2) is 8.71. The molecule has 10 nitrogen and oxygen atoms in total. The third-order valence-electron chi connectivity index (χ3n) is 5.84. The largest absolute Gasteiger partial charge is 0.466 e. The van der Waals surface area contributed by atoms with E-state index in [-0.39, 0.29) is 28.7 Å². The Morgan fingerprint density at radius 3 is 1.41 bits per heavy atom. The van der Waals surface area contributed by atoms with Crippen LogP contribution in [-0.4, -0.2) is 70.3 Å². The van der Waals surface area contributed by atoms with Gasteiger partial charge in [0.25, 0.3) is 0 Å². The maximum Gasteiger partial charge on any atom is 0.341 e. The molecule has 0 fully saturated rings. The molecule has 0 saturated carbocycles. The average Bonchev–Trinajstić information content (AvgIpc) is 3.31. The van der Waals surface area contributed by atoms with Crippen LogP contribution in [0.2, 0.25) is 0 Å². The Balaban J connectivity index is 1.93. The van der Waals surface area contributed by atoms with Crippen molar-refractivity contribution in [1.29, 1.82) is 0 Å². The normalized spacial score (nSPS) is 22.9. The Labute approximate surface area is 193 Å². The van der Waals surface area contributed by atoms with Crippen molar-refractivity contribution in [3.63, 3.8) is 0 Å². The molecule has 4 rings (SSSR count). The maximum absolute atomic E-state index is 13.0. The standard InChI is InChI=1S/C24H20O10/c1-30-21(26)14-8-10-5-11(9-15(18(14)25)22(27)31-2)7-13-12(6-10)19-16(23(28)32-3)17(20(13)34-19)24(29)33-4/h6-9,19-20H,5H2,1-4H3. The third kappa shape index (κ3) is 3.52. The second-order valence-corrected chi connectivity index (χ2v) is 7.66. The molecular weight excluding hydrogens is 448 g/mol. The molecule has 2 atom stereocenters. The molecule has 4 bridgehead atoms. The average molecular weight is 468 g/mol. The van der Waals surface area contributed by atoms with Crippen LogP contribution in [0.25, 0.3) is 0 Å². The number of esters is 4. The smallest absolute Gasteiger partial charge is 0.341 e. The topological polar surface area (TPSA) is 132 Å². The number of methoxy groups -OCH3 is 4. The van der Waals surface area contributed by atoms with Crippen LogP contribution in [0.1, 0.15) is 6.42 Å². The van der Waals surface area contributed by atoms with Crippen molar-refractivity contribution in [2.75, 3.05) is 28.4 Å². The highest BCUT2D eigenvalue weighted by Gasteiger charge is 2.51. The molecule has 2 heterocycles. The van der Waals surface area contributed by atoms with Crippen molar-refractivity contribution in [2.24, 2.45) is 0 Å². The fraction of sp³-hybridized carbons (Fsp3) is 0.292. The van der Waals surface area contributed by atoms with E-state index in [9.17, 15) is 24.0 Å². The summed E-state index contributed by atoms with van der Waals surface area (Å²) in [6, 6.07) is 0. The van der Waals surface area contributed by atoms with Gasteiger partial charge in [0.05, 0.1) is 39.6 Å². The van der Waals surface area contributed by atoms with Crippen LogP contribution in [0.4, 0.5) is 0 Å². The zero-order valence-corrected chi connectivity index (χ0v) is 18.8. The van der Waals surface area contributed by atoms with Crippen LogP contribution >= 0.6 is 0 Å². The van der Waals surface area contributed by atoms with Crippen LogP contribution in [0.15, 0.2) is 68.9 Å². The Morgan fingerprint density at radius 1 is 0.676 bits per heavy atom. The molecule has 0 amide bonds. The molecule has 2 aliphatic carbocycles. The maximum atomic E-state index is 13.0. The van der Waals surface area contributed by atoms with E-state index in [1.165, 1.54) is 26.4 Å². The first-order valence-electron chi connectivity index (χ1n) is 10.1. The Kier molecular flexibility index (Phi) is 5.92. The summed E-state index contributed by atoms with van der Waals surface area (Å²) in [7, 11) is 4.62. The lowest BCUT2D eigenvalue weighted by molar-refractivity contribution is -0.139. The Bertz CT molecular complexity index is 1140. The van der Waals surface area contributed by atoms with Gasteiger partial charge in [-0.15, -0.1) is 0 Å². The monoisotopic (exact) mass is 468 g/mol. The molecule has 0 aromatic rings. The lowest BCUT2D eigenvalue weighted by atomic mass is 9.85. The predicted molar refractivity (Wildman–Crippen MR) is 113 cm³/mol. The predicted octanol–water partition coefficient (Wildman–Crippen LogP) is 0.745. The fourth-order valence-electron chi connectivity index (χ4n) is 4.38.